The van der Waals surface area contributed by atoms with Crippen LogP contribution in [0.1, 0.15) is 46.9 Å². The van der Waals surface area contributed by atoms with E-state index in [1.54, 1.807) is 14.7 Å². The van der Waals surface area contributed by atoms with Crippen LogP contribution in [0.5, 0.6) is 0 Å². The standard InChI is InChI=1S/C27H37N7O4/c1-6-31(18(2)35)17-21-30-23-24(19-9-7-8-10-20(19)29-25(23)28)34(21)12-11-22(36)32-13-15-33(16-14-32)26(37)38-27(3,4)5/h7-10H,6,11-17H2,1-5H3,(H2,28,29). The molecule has 0 radical (unpaired) electrons. The predicted octanol–water partition coefficient (Wildman–Crippen LogP) is 3.00. The first kappa shape index (κ1) is 27.2. The van der Waals surface area contributed by atoms with E-state index in [9.17, 15) is 14.4 Å². The van der Waals surface area contributed by atoms with Crippen molar-refractivity contribution < 1.29 is 19.1 Å². The van der Waals surface area contributed by atoms with Gasteiger partial charge in [-0.2, -0.15) is 0 Å². The lowest BCUT2D eigenvalue weighted by molar-refractivity contribution is -0.133. The van der Waals surface area contributed by atoms with E-state index in [0.29, 0.717) is 63.0 Å². The molecule has 3 heterocycles. The van der Waals surface area contributed by atoms with Crippen LogP contribution in [-0.4, -0.2) is 85.5 Å². The van der Waals surface area contributed by atoms with Crippen LogP contribution in [0.25, 0.3) is 21.9 Å². The van der Waals surface area contributed by atoms with Crippen molar-refractivity contribution in [1.82, 2.24) is 29.2 Å². The van der Waals surface area contributed by atoms with E-state index >= 15 is 0 Å². The number of nitrogen functional groups attached to an aromatic ring is 1. The zero-order chi connectivity index (χ0) is 27.6. The van der Waals surface area contributed by atoms with Crippen LogP contribution >= 0.6 is 0 Å². The second kappa shape index (κ2) is 10.8. The molecule has 2 N–H and O–H groups in total. The number of carbonyl (C=O) groups is 3. The van der Waals surface area contributed by atoms with Gasteiger partial charge in [-0.1, -0.05) is 18.2 Å². The van der Waals surface area contributed by atoms with Crippen LogP contribution in [0.3, 0.4) is 0 Å². The average Bonchev–Trinajstić information content (AvgIpc) is 3.23. The highest BCUT2D eigenvalue weighted by Gasteiger charge is 2.28. The number of para-hydroxylation sites is 1. The van der Waals surface area contributed by atoms with Gasteiger partial charge in [-0.05, 0) is 33.8 Å². The SMILES string of the molecule is CCN(Cc1nc2c(N)nc3ccccc3c2n1CCC(=O)N1CCN(C(=O)OC(C)(C)C)CC1)C(C)=O. The van der Waals surface area contributed by atoms with E-state index in [4.69, 9.17) is 15.5 Å². The monoisotopic (exact) mass is 523 g/mol. The van der Waals surface area contributed by atoms with Crippen molar-refractivity contribution in [3.8, 4) is 0 Å². The molecule has 0 atom stereocenters. The third kappa shape index (κ3) is 5.81. The molecule has 11 heteroatoms. The number of nitrogens with two attached hydrogens (primary N) is 1. The number of rotatable bonds is 6. The normalized spacial score (nSPS) is 14.2. The minimum atomic E-state index is -0.561. The fourth-order valence-corrected chi connectivity index (χ4v) is 4.71. The Morgan fingerprint density at radius 2 is 1.71 bits per heavy atom. The van der Waals surface area contributed by atoms with E-state index in [1.807, 2.05) is 56.5 Å². The number of anilines is 1. The Hall–Kier alpha value is -3.89. The van der Waals surface area contributed by atoms with Crippen LogP contribution in [0.2, 0.25) is 0 Å². The molecule has 0 unspecified atom stereocenters. The molecular formula is C27H37N7O4. The number of piperazine rings is 1. The van der Waals surface area contributed by atoms with Crippen molar-refractivity contribution in [1.29, 1.82) is 0 Å². The van der Waals surface area contributed by atoms with Gasteiger partial charge in [0.05, 0.1) is 17.6 Å². The third-order valence-electron chi connectivity index (χ3n) is 6.68. The summed E-state index contributed by atoms with van der Waals surface area (Å²) < 4.78 is 7.45. The number of hydrogen-bond acceptors (Lipinski definition) is 7. The average molecular weight is 524 g/mol. The second-order valence-electron chi connectivity index (χ2n) is 10.5. The van der Waals surface area contributed by atoms with Gasteiger partial charge in [0.1, 0.15) is 16.9 Å². The lowest BCUT2D eigenvalue weighted by Gasteiger charge is -2.35. The minimum absolute atomic E-state index is 0.00751. The fourth-order valence-electron chi connectivity index (χ4n) is 4.71. The van der Waals surface area contributed by atoms with E-state index in [0.717, 1.165) is 16.4 Å². The van der Waals surface area contributed by atoms with Gasteiger partial charge in [-0.25, -0.2) is 14.8 Å². The molecule has 11 nitrogen and oxygen atoms in total. The number of aryl methyl sites for hydroxylation is 1. The molecule has 1 aliphatic heterocycles. The maximum absolute atomic E-state index is 13.2. The smallest absolute Gasteiger partial charge is 0.410 e. The number of pyridine rings is 1. The number of amides is 3. The maximum atomic E-state index is 13.2. The fraction of sp³-hybridized carbons (Fsp3) is 0.519. The van der Waals surface area contributed by atoms with Gasteiger partial charge in [0.15, 0.2) is 5.82 Å². The Morgan fingerprint density at radius 3 is 2.34 bits per heavy atom. The zero-order valence-corrected chi connectivity index (χ0v) is 22.9. The van der Waals surface area contributed by atoms with E-state index in [2.05, 4.69) is 4.98 Å². The molecule has 1 saturated heterocycles. The number of nitrogens with zero attached hydrogens (tertiary/aromatic N) is 6. The van der Waals surface area contributed by atoms with Crippen molar-refractivity contribution in [2.45, 2.75) is 59.7 Å². The number of hydrogen-bond donors (Lipinski definition) is 1. The number of imidazole rings is 1. The highest BCUT2D eigenvalue weighted by Crippen LogP contribution is 2.29. The lowest BCUT2D eigenvalue weighted by atomic mass is 10.2. The summed E-state index contributed by atoms with van der Waals surface area (Å²) in [7, 11) is 0. The molecule has 3 aromatic rings. The number of fused-ring (bicyclic) bond motifs is 3. The highest BCUT2D eigenvalue weighted by atomic mass is 16.6. The Kier molecular flexibility index (Phi) is 7.75. The predicted molar refractivity (Wildman–Crippen MR) is 145 cm³/mol. The highest BCUT2D eigenvalue weighted by molar-refractivity contribution is 6.06. The van der Waals surface area contributed by atoms with Crippen molar-refractivity contribution in [3.63, 3.8) is 0 Å². The molecule has 2 aromatic heterocycles. The molecular weight excluding hydrogens is 486 g/mol. The summed E-state index contributed by atoms with van der Waals surface area (Å²) in [6.45, 7) is 11.9. The van der Waals surface area contributed by atoms with Crippen LogP contribution in [0.4, 0.5) is 10.6 Å². The summed E-state index contributed by atoms with van der Waals surface area (Å²) in [6.07, 6.45) is -0.114. The molecule has 0 saturated carbocycles. The van der Waals surface area contributed by atoms with Crippen molar-refractivity contribution in [2.75, 3.05) is 38.5 Å². The summed E-state index contributed by atoms with van der Waals surface area (Å²) in [5.74, 6) is 0.909. The minimum Gasteiger partial charge on any atom is -0.444 e. The van der Waals surface area contributed by atoms with Gasteiger partial charge in [0, 0.05) is 58.0 Å². The topological polar surface area (TPSA) is 127 Å². The summed E-state index contributed by atoms with van der Waals surface area (Å²) in [4.78, 5) is 52.2. The lowest BCUT2D eigenvalue weighted by Crippen LogP contribution is -2.51. The van der Waals surface area contributed by atoms with Gasteiger partial charge in [0.25, 0.3) is 0 Å². The summed E-state index contributed by atoms with van der Waals surface area (Å²) in [5.41, 5.74) is 7.85. The molecule has 0 bridgehead atoms. The molecule has 204 valence electrons. The van der Waals surface area contributed by atoms with Crippen LogP contribution in [-0.2, 0) is 27.4 Å². The molecule has 38 heavy (non-hydrogen) atoms. The molecule has 1 aliphatic rings. The van der Waals surface area contributed by atoms with Gasteiger partial charge < -0.3 is 29.7 Å². The van der Waals surface area contributed by atoms with Crippen molar-refractivity contribution in [2.24, 2.45) is 0 Å². The number of aromatic nitrogens is 3. The third-order valence-corrected chi connectivity index (χ3v) is 6.68. The van der Waals surface area contributed by atoms with E-state index < -0.39 is 5.60 Å². The van der Waals surface area contributed by atoms with E-state index in [1.165, 1.54) is 6.92 Å². The van der Waals surface area contributed by atoms with Crippen LogP contribution < -0.4 is 5.73 Å². The quantitative estimate of drug-likeness (QED) is 0.526. The summed E-state index contributed by atoms with van der Waals surface area (Å²) in [6, 6.07) is 7.69. The van der Waals surface area contributed by atoms with Gasteiger partial charge in [-0.3, -0.25) is 9.59 Å². The summed E-state index contributed by atoms with van der Waals surface area (Å²) >= 11 is 0. The van der Waals surface area contributed by atoms with E-state index in [-0.39, 0.29) is 24.3 Å². The first-order valence-electron chi connectivity index (χ1n) is 13.0. The molecule has 0 spiro atoms. The summed E-state index contributed by atoms with van der Waals surface area (Å²) in [5, 5.41) is 0.889. The van der Waals surface area contributed by atoms with Crippen molar-refractivity contribution >= 4 is 45.7 Å². The molecule has 4 rings (SSSR count). The Balaban J connectivity index is 1.55. The zero-order valence-electron chi connectivity index (χ0n) is 22.9. The molecule has 1 fully saturated rings. The van der Waals surface area contributed by atoms with Crippen molar-refractivity contribution in [3.05, 3.63) is 30.1 Å². The number of ether oxygens (including phenoxy) is 1. The number of carbonyl (C=O) groups excluding carboxylic acids is 3. The van der Waals surface area contributed by atoms with Gasteiger partial charge in [0.2, 0.25) is 11.8 Å². The Labute approximate surface area is 222 Å². The van der Waals surface area contributed by atoms with Gasteiger partial charge >= 0.3 is 6.09 Å². The second-order valence-corrected chi connectivity index (χ2v) is 10.5. The first-order chi connectivity index (χ1) is 18.0. The molecule has 3 amide bonds. The van der Waals surface area contributed by atoms with Crippen LogP contribution in [0.15, 0.2) is 24.3 Å². The van der Waals surface area contributed by atoms with Gasteiger partial charge in [-0.15, -0.1) is 0 Å². The van der Waals surface area contributed by atoms with Crippen LogP contribution in [0, 0.1) is 0 Å². The molecule has 0 aliphatic carbocycles. The Morgan fingerprint density at radius 1 is 1.05 bits per heavy atom. The number of benzene rings is 1. The largest absolute Gasteiger partial charge is 0.444 e. The first-order valence-corrected chi connectivity index (χ1v) is 13.0. The Bertz CT molecular complexity index is 1350. The maximum Gasteiger partial charge on any atom is 0.410 e. The molecule has 1 aromatic carbocycles.